The Morgan fingerprint density at radius 3 is 2.21 bits per heavy atom. The van der Waals surface area contributed by atoms with E-state index in [1.807, 2.05) is 55.4 Å². The molecule has 0 saturated carbocycles. The van der Waals surface area contributed by atoms with Crippen molar-refractivity contribution >= 4 is 34.7 Å². The van der Waals surface area contributed by atoms with Crippen LogP contribution in [0.15, 0.2) is 67.0 Å². The van der Waals surface area contributed by atoms with Crippen LogP contribution in [0.1, 0.15) is 37.0 Å². The maximum absolute atomic E-state index is 13.0. The highest BCUT2D eigenvalue weighted by Crippen LogP contribution is 2.41. The van der Waals surface area contributed by atoms with E-state index in [1.165, 1.54) is 6.33 Å². The van der Waals surface area contributed by atoms with Gasteiger partial charge in [-0.25, -0.2) is 9.97 Å². The molecule has 1 fully saturated rings. The van der Waals surface area contributed by atoms with Crippen LogP contribution in [0.3, 0.4) is 0 Å². The molecule has 5 rings (SSSR count). The largest absolute Gasteiger partial charge is 0.388 e. The number of benzene rings is 2. The number of nitrogens with two attached hydrogens (primary N) is 1. The first-order valence-corrected chi connectivity index (χ1v) is 13.1. The van der Waals surface area contributed by atoms with Crippen LogP contribution in [0, 0.1) is 5.92 Å². The molecule has 0 atom stereocenters. The van der Waals surface area contributed by atoms with Crippen LogP contribution in [0.5, 0.6) is 0 Å². The number of allylic oxidation sites excluding steroid dienone is 1. The van der Waals surface area contributed by atoms with Gasteiger partial charge in [0.1, 0.15) is 24.1 Å². The first-order valence-electron chi connectivity index (χ1n) is 13.1. The quantitative estimate of drug-likeness (QED) is 0.262. The van der Waals surface area contributed by atoms with Gasteiger partial charge in [-0.3, -0.25) is 9.59 Å². The molecule has 0 bridgehead atoms. The number of aldehydes is 1. The molecule has 2 aromatic carbocycles. The first-order chi connectivity index (χ1) is 18.7. The first kappa shape index (κ1) is 27.6. The molecule has 8 heteroatoms. The van der Waals surface area contributed by atoms with Crippen LogP contribution in [-0.2, 0) is 11.8 Å². The monoisotopic (exact) mass is 524 g/mol. The summed E-state index contributed by atoms with van der Waals surface area (Å²) >= 11 is 0. The van der Waals surface area contributed by atoms with E-state index in [4.69, 9.17) is 5.73 Å². The van der Waals surface area contributed by atoms with Gasteiger partial charge in [0.25, 0.3) is 5.91 Å². The minimum atomic E-state index is 0.0992. The summed E-state index contributed by atoms with van der Waals surface area (Å²) < 4.78 is 2.06. The van der Waals surface area contributed by atoms with E-state index < -0.39 is 0 Å². The van der Waals surface area contributed by atoms with Gasteiger partial charge >= 0.3 is 0 Å². The Morgan fingerprint density at radius 2 is 1.64 bits per heavy atom. The smallest absolute Gasteiger partial charge is 0.253 e. The molecular weight excluding hydrogens is 488 g/mol. The van der Waals surface area contributed by atoms with E-state index in [9.17, 15) is 9.59 Å². The van der Waals surface area contributed by atoms with Crippen molar-refractivity contribution in [3.63, 3.8) is 0 Å². The second-order valence-corrected chi connectivity index (χ2v) is 10.1. The standard InChI is InChI=1S/C27H30N6O.C4H6O/c1-17-12-14-33(15-13-17)27(34)20-6-4-18(5-7-20)22-23-25(28)30-16-31-26(23)32(3)24(22)19-8-10-21(29-2)11-9-19;1-4(2)3-5/h4-11,16-17,29H,12-15H2,1-3H3,(H2,28,30,31);3H,1H2,2H3. The van der Waals surface area contributed by atoms with Gasteiger partial charge in [0.15, 0.2) is 0 Å². The topological polar surface area (TPSA) is 106 Å². The SMILES string of the molecule is C=C(C)C=O.CNc1ccc(-c2c(-c3ccc(C(=O)N4CCC(C)CC4)cc3)c3c(N)ncnc3n2C)cc1. The molecule has 0 radical (unpaired) electrons. The molecule has 1 amide bonds. The minimum absolute atomic E-state index is 0.0992. The molecule has 39 heavy (non-hydrogen) atoms. The van der Waals surface area contributed by atoms with E-state index in [2.05, 4.69) is 45.5 Å². The number of likely N-dealkylation sites (tertiary alicyclic amines) is 1. The third kappa shape index (κ3) is 5.85. The average Bonchev–Trinajstić information content (AvgIpc) is 3.26. The van der Waals surface area contributed by atoms with Crippen LogP contribution >= 0.6 is 0 Å². The zero-order valence-corrected chi connectivity index (χ0v) is 23.1. The van der Waals surface area contributed by atoms with E-state index in [0.29, 0.717) is 22.9 Å². The summed E-state index contributed by atoms with van der Waals surface area (Å²) in [6.07, 6.45) is 4.35. The van der Waals surface area contributed by atoms with Crippen LogP contribution in [0.4, 0.5) is 11.5 Å². The Hall–Kier alpha value is -4.46. The number of nitrogen functional groups attached to an aromatic ring is 1. The fraction of sp³-hybridized carbons (Fsp3) is 0.290. The number of rotatable bonds is 5. The van der Waals surface area contributed by atoms with Gasteiger partial charge in [0.2, 0.25) is 0 Å². The Balaban J connectivity index is 0.000000648. The summed E-state index contributed by atoms with van der Waals surface area (Å²) in [6.45, 7) is 8.87. The second-order valence-electron chi connectivity index (χ2n) is 10.1. The van der Waals surface area contributed by atoms with E-state index in [1.54, 1.807) is 6.92 Å². The number of carbonyl (C=O) groups is 2. The molecule has 1 aliphatic heterocycles. The van der Waals surface area contributed by atoms with Gasteiger partial charge < -0.3 is 20.5 Å². The van der Waals surface area contributed by atoms with Crippen molar-refractivity contribution in [1.82, 2.24) is 19.4 Å². The number of amides is 1. The third-order valence-electron chi connectivity index (χ3n) is 7.14. The zero-order valence-electron chi connectivity index (χ0n) is 23.1. The number of piperidine rings is 1. The Labute approximate surface area is 229 Å². The van der Waals surface area contributed by atoms with Crippen molar-refractivity contribution in [3.05, 3.63) is 72.6 Å². The highest BCUT2D eigenvalue weighted by atomic mass is 16.2. The summed E-state index contributed by atoms with van der Waals surface area (Å²) in [7, 11) is 3.90. The van der Waals surface area contributed by atoms with Crippen LogP contribution in [0.2, 0.25) is 0 Å². The van der Waals surface area contributed by atoms with Crippen molar-refractivity contribution in [2.45, 2.75) is 26.7 Å². The molecular formula is C31H36N6O2. The molecule has 0 spiro atoms. The van der Waals surface area contributed by atoms with E-state index >= 15 is 0 Å². The molecule has 0 unspecified atom stereocenters. The zero-order chi connectivity index (χ0) is 28.1. The number of carbonyl (C=O) groups excluding carboxylic acids is 2. The number of hydrogen-bond donors (Lipinski definition) is 2. The minimum Gasteiger partial charge on any atom is -0.388 e. The molecule has 0 aliphatic carbocycles. The number of anilines is 2. The molecule has 2 aromatic heterocycles. The van der Waals surface area contributed by atoms with Crippen LogP contribution < -0.4 is 11.1 Å². The van der Waals surface area contributed by atoms with Gasteiger partial charge in [0.05, 0.1) is 11.1 Å². The van der Waals surface area contributed by atoms with Crippen LogP contribution in [-0.4, -0.2) is 51.8 Å². The maximum atomic E-state index is 13.0. The molecule has 1 saturated heterocycles. The fourth-order valence-electron chi connectivity index (χ4n) is 4.86. The number of fused-ring (bicyclic) bond motifs is 1. The molecule has 1 aliphatic rings. The lowest BCUT2D eigenvalue weighted by Gasteiger charge is -2.30. The lowest BCUT2D eigenvalue weighted by atomic mass is 9.96. The highest BCUT2D eigenvalue weighted by molar-refractivity contribution is 6.08. The highest BCUT2D eigenvalue weighted by Gasteiger charge is 2.24. The summed E-state index contributed by atoms with van der Waals surface area (Å²) in [4.78, 5) is 33.2. The molecule has 202 valence electrons. The summed E-state index contributed by atoms with van der Waals surface area (Å²) in [5, 5.41) is 3.98. The average molecular weight is 525 g/mol. The number of hydrogen-bond acceptors (Lipinski definition) is 6. The number of nitrogens with one attached hydrogen (secondary N) is 1. The Bertz CT molecular complexity index is 1480. The van der Waals surface area contributed by atoms with E-state index in [-0.39, 0.29) is 5.91 Å². The predicted octanol–water partition coefficient (Wildman–Crippen LogP) is 5.56. The summed E-state index contributed by atoms with van der Waals surface area (Å²) in [6, 6.07) is 16.1. The van der Waals surface area contributed by atoms with Crippen molar-refractivity contribution in [1.29, 1.82) is 0 Å². The predicted molar refractivity (Wildman–Crippen MR) is 159 cm³/mol. The van der Waals surface area contributed by atoms with Gasteiger partial charge in [-0.2, -0.15) is 0 Å². The van der Waals surface area contributed by atoms with Crippen molar-refractivity contribution in [3.8, 4) is 22.4 Å². The number of aromatic nitrogens is 3. The van der Waals surface area contributed by atoms with Crippen molar-refractivity contribution < 1.29 is 9.59 Å². The summed E-state index contributed by atoms with van der Waals surface area (Å²) in [5.74, 6) is 1.23. The lowest BCUT2D eigenvalue weighted by Crippen LogP contribution is -2.37. The Kier molecular flexibility index (Phi) is 8.44. The van der Waals surface area contributed by atoms with Gasteiger partial charge in [0, 0.05) is 44.0 Å². The van der Waals surface area contributed by atoms with Crippen LogP contribution in [0.25, 0.3) is 33.4 Å². The normalized spacial score (nSPS) is 13.5. The molecule has 3 N–H and O–H groups in total. The number of aryl methyl sites for hydroxylation is 1. The summed E-state index contributed by atoms with van der Waals surface area (Å²) in [5.41, 5.74) is 13.5. The van der Waals surface area contributed by atoms with Gasteiger partial charge in [-0.15, -0.1) is 0 Å². The van der Waals surface area contributed by atoms with Crippen molar-refractivity contribution in [2.24, 2.45) is 13.0 Å². The molecule has 8 nitrogen and oxygen atoms in total. The third-order valence-corrected chi connectivity index (χ3v) is 7.14. The lowest BCUT2D eigenvalue weighted by molar-refractivity contribution is -0.104. The Morgan fingerprint density at radius 1 is 1.05 bits per heavy atom. The van der Waals surface area contributed by atoms with Crippen molar-refractivity contribution in [2.75, 3.05) is 31.2 Å². The molecule has 4 aromatic rings. The second kappa shape index (κ2) is 11.9. The fourth-order valence-corrected chi connectivity index (χ4v) is 4.86. The number of nitrogens with zero attached hydrogens (tertiary/aromatic N) is 4. The molecule has 3 heterocycles. The maximum Gasteiger partial charge on any atom is 0.253 e. The van der Waals surface area contributed by atoms with Gasteiger partial charge in [-0.1, -0.05) is 37.8 Å². The van der Waals surface area contributed by atoms with Gasteiger partial charge in [-0.05, 0) is 66.6 Å². The van der Waals surface area contributed by atoms with E-state index in [0.717, 1.165) is 71.3 Å².